The van der Waals surface area contributed by atoms with Gasteiger partial charge in [-0.3, -0.25) is 9.47 Å². The molecule has 35 heavy (non-hydrogen) atoms. The Hall–Kier alpha value is -3.40. The van der Waals surface area contributed by atoms with Crippen LogP contribution in [0.25, 0.3) is 27.6 Å². The van der Waals surface area contributed by atoms with Gasteiger partial charge in [0.25, 0.3) is 0 Å². The Labute approximate surface area is 209 Å². The molecular weight excluding hydrogens is 456 g/mol. The quantitative estimate of drug-likeness (QED) is 0.353. The molecule has 1 saturated heterocycles. The number of aryl methyl sites for hydroxylation is 1. The van der Waals surface area contributed by atoms with E-state index in [0.29, 0.717) is 18.0 Å². The van der Waals surface area contributed by atoms with Crippen molar-refractivity contribution in [2.24, 2.45) is 0 Å². The second-order valence-corrected chi connectivity index (χ2v) is 9.69. The molecule has 0 unspecified atom stereocenters. The number of rotatable bonds is 5. The Morgan fingerprint density at radius 1 is 0.914 bits per heavy atom. The van der Waals surface area contributed by atoms with Gasteiger partial charge in [-0.25, -0.2) is 14.3 Å². The minimum atomic E-state index is 0.474. The van der Waals surface area contributed by atoms with Crippen LogP contribution >= 0.6 is 12.2 Å². The van der Waals surface area contributed by atoms with Crippen molar-refractivity contribution in [1.82, 2.24) is 38.9 Å². The number of hydrogen-bond donors (Lipinski definition) is 0. The molecule has 0 saturated carbocycles. The zero-order chi connectivity index (χ0) is 23.9. The van der Waals surface area contributed by atoms with Crippen molar-refractivity contribution in [3.05, 3.63) is 77.0 Å². The summed E-state index contributed by atoms with van der Waals surface area (Å²) in [6, 6.07) is 18.7. The van der Waals surface area contributed by atoms with E-state index in [9.17, 15) is 0 Å². The predicted molar refractivity (Wildman–Crippen MR) is 140 cm³/mol. The fourth-order valence-corrected chi connectivity index (χ4v) is 4.95. The first-order valence-electron chi connectivity index (χ1n) is 11.9. The molecular formula is C26H28N8S. The van der Waals surface area contributed by atoms with Crippen LogP contribution in [0.5, 0.6) is 0 Å². The van der Waals surface area contributed by atoms with Crippen LogP contribution in [-0.2, 0) is 13.2 Å². The summed E-state index contributed by atoms with van der Waals surface area (Å²) >= 11 is 5.96. The molecule has 0 aliphatic carbocycles. The van der Waals surface area contributed by atoms with Crippen molar-refractivity contribution in [2.75, 3.05) is 33.2 Å². The van der Waals surface area contributed by atoms with Gasteiger partial charge >= 0.3 is 0 Å². The molecule has 0 spiro atoms. The number of aromatic nitrogens is 6. The van der Waals surface area contributed by atoms with E-state index >= 15 is 0 Å². The summed E-state index contributed by atoms with van der Waals surface area (Å²) in [4.78, 5) is 9.65. The van der Waals surface area contributed by atoms with E-state index < -0.39 is 0 Å². The summed E-state index contributed by atoms with van der Waals surface area (Å²) in [5, 5.41) is 11.8. The highest BCUT2D eigenvalue weighted by atomic mass is 32.1. The van der Waals surface area contributed by atoms with Gasteiger partial charge in [0.15, 0.2) is 11.5 Å². The molecule has 4 heterocycles. The van der Waals surface area contributed by atoms with E-state index in [4.69, 9.17) is 22.3 Å². The number of pyridine rings is 1. The van der Waals surface area contributed by atoms with Crippen molar-refractivity contribution in [3.8, 4) is 5.69 Å². The lowest BCUT2D eigenvalue weighted by atomic mass is 10.2. The van der Waals surface area contributed by atoms with Crippen LogP contribution in [0.15, 0.2) is 60.8 Å². The minimum Gasteiger partial charge on any atom is -0.304 e. The molecule has 178 valence electrons. The molecule has 9 heteroatoms. The molecule has 1 aliphatic heterocycles. The fourth-order valence-electron chi connectivity index (χ4n) is 4.64. The lowest BCUT2D eigenvalue weighted by Crippen LogP contribution is -2.45. The number of benzene rings is 2. The Morgan fingerprint density at radius 2 is 1.69 bits per heavy atom. The van der Waals surface area contributed by atoms with Crippen LogP contribution in [0.4, 0.5) is 0 Å². The van der Waals surface area contributed by atoms with E-state index in [-0.39, 0.29) is 0 Å². The monoisotopic (exact) mass is 484 g/mol. The maximum Gasteiger partial charge on any atom is 0.203 e. The highest BCUT2D eigenvalue weighted by Crippen LogP contribution is 2.21. The standard InChI is InChI=1S/C26H28N8S/c1-19-7-9-22(10-8-19)34-24(29-33(26(34)35)18-31-13-11-30(2)12-14-31)17-32-25-21(16-27-32)15-20-5-3-4-6-23(20)28-25/h3-10,15-16H,11-14,17-18H2,1-2H3. The van der Waals surface area contributed by atoms with E-state index in [1.165, 1.54) is 5.56 Å². The molecule has 0 atom stereocenters. The van der Waals surface area contributed by atoms with Crippen molar-refractivity contribution >= 4 is 34.2 Å². The maximum atomic E-state index is 5.96. The predicted octanol–water partition coefficient (Wildman–Crippen LogP) is 3.86. The molecule has 2 aromatic carbocycles. The van der Waals surface area contributed by atoms with Crippen LogP contribution in [-0.4, -0.2) is 72.1 Å². The number of hydrogen-bond acceptors (Lipinski definition) is 6. The molecule has 1 fully saturated rings. The molecule has 3 aromatic heterocycles. The second kappa shape index (κ2) is 8.99. The largest absolute Gasteiger partial charge is 0.304 e. The molecule has 1 aliphatic rings. The number of fused-ring (bicyclic) bond motifs is 2. The van der Waals surface area contributed by atoms with Gasteiger partial charge in [-0.05, 0) is 50.5 Å². The molecule has 8 nitrogen and oxygen atoms in total. The Bertz CT molecular complexity index is 1550. The fraction of sp³-hybridized carbons (Fsp3) is 0.308. The van der Waals surface area contributed by atoms with Crippen LogP contribution < -0.4 is 0 Å². The third kappa shape index (κ3) is 4.27. The average molecular weight is 485 g/mol. The highest BCUT2D eigenvalue weighted by molar-refractivity contribution is 7.71. The van der Waals surface area contributed by atoms with E-state index in [2.05, 4.69) is 69.8 Å². The summed E-state index contributed by atoms with van der Waals surface area (Å²) in [7, 11) is 2.17. The number of piperazine rings is 1. The minimum absolute atomic E-state index is 0.474. The van der Waals surface area contributed by atoms with Gasteiger partial charge in [0.1, 0.15) is 6.54 Å². The zero-order valence-electron chi connectivity index (χ0n) is 20.0. The van der Waals surface area contributed by atoms with Gasteiger partial charge < -0.3 is 4.90 Å². The van der Waals surface area contributed by atoms with Crippen LogP contribution in [0.3, 0.4) is 0 Å². The van der Waals surface area contributed by atoms with Gasteiger partial charge in [-0.1, -0.05) is 35.9 Å². The van der Waals surface area contributed by atoms with Gasteiger partial charge in [0, 0.05) is 42.6 Å². The first-order valence-corrected chi connectivity index (χ1v) is 12.3. The Morgan fingerprint density at radius 3 is 2.49 bits per heavy atom. The smallest absolute Gasteiger partial charge is 0.203 e. The van der Waals surface area contributed by atoms with Crippen molar-refractivity contribution in [1.29, 1.82) is 0 Å². The number of nitrogens with zero attached hydrogens (tertiary/aromatic N) is 8. The molecule has 5 aromatic rings. The summed E-state index contributed by atoms with van der Waals surface area (Å²) in [5.41, 5.74) is 4.02. The molecule has 0 N–H and O–H groups in total. The summed E-state index contributed by atoms with van der Waals surface area (Å²) in [6.07, 6.45) is 1.88. The van der Waals surface area contributed by atoms with Gasteiger partial charge in [-0.2, -0.15) is 10.2 Å². The second-order valence-electron chi connectivity index (χ2n) is 9.33. The maximum absolute atomic E-state index is 5.96. The number of likely N-dealkylation sites (N-methyl/N-ethyl adjacent to an activating group) is 1. The molecule has 0 radical (unpaired) electrons. The first-order chi connectivity index (χ1) is 17.0. The molecule has 6 rings (SSSR count). The normalized spacial score (nSPS) is 15.4. The lowest BCUT2D eigenvalue weighted by molar-refractivity contribution is 0.118. The van der Waals surface area contributed by atoms with Crippen LogP contribution in [0, 0.1) is 11.7 Å². The van der Waals surface area contributed by atoms with E-state index in [1.807, 2.05) is 33.8 Å². The van der Waals surface area contributed by atoms with Crippen LogP contribution in [0.2, 0.25) is 0 Å². The summed E-state index contributed by atoms with van der Waals surface area (Å²) < 4.78 is 6.63. The van der Waals surface area contributed by atoms with Crippen molar-refractivity contribution in [2.45, 2.75) is 20.1 Å². The van der Waals surface area contributed by atoms with Gasteiger partial charge in [0.05, 0.1) is 18.4 Å². The zero-order valence-corrected chi connectivity index (χ0v) is 20.8. The van der Waals surface area contributed by atoms with Crippen molar-refractivity contribution < 1.29 is 0 Å². The molecule has 0 bridgehead atoms. The number of para-hydroxylation sites is 1. The lowest BCUT2D eigenvalue weighted by Gasteiger charge is -2.31. The SMILES string of the molecule is Cc1ccc(-n2c(Cn3ncc4cc5ccccc5nc43)nn(CN3CCN(C)CC3)c2=S)cc1. The van der Waals surface area contributed by atoms with Gasteiger partial charge in [0.2, 0.25) is 4.77 Å². The van der Waals surface area contributed by atoms with Gasteiger partial charge in [-0.15, -0.1) is 0 Å². The topological polar surface area (TPSA) is 59.9 Å². The first kappa shape index (κ1) is 22.1. The van der Waals surface area contributed by atoms with Crippen molar-refractivity contribution in [3.63, 3.8) is 0 Å². The third-order valence-electron chi connectivity index (χ3n) is 6.73. The van der Waals surface area contributed by atoms with Crippen LogP contribution in [0.1, 0.15) is 11.4 Å². The Balaban J connectivity index is 1.41. The summed E-state index contributed by atoms with van der Waals surface area (Å²) in [6.45, 7) is 7.36. The Kier molecular flexibility index (Phi) is 5.68. The summed E-state index contributed by atoms with van der Waals surface area (Å²) in [5.74, 6) is 0.841. The van der Waals surface area contributed by atoms with E-state index in [0.717, 1.165) is 59.6 Å². The van der Waals surface area contributed by atoms with E-state index in [1.54, 1.807) is 0 Å². The highest BCUT2D eigenvalue weighted by Gasteiger charge is 2.19. The average Bonchev–Trinajstić information content (AvgIpc) is 3.39. The molecule has 0 amide bonds. The third-order valence-corrected chi connectivity index (χ3v) is 7.13.